The van der Waals surface area contributed by atoms with Crippen LogP contribution in [0.4, 0.5) is 14.6 Å². The summed E-state index contributed by atoms with van der Waals surface area (Å²) in [5.74, 6) is 2.61. The zero-order valence-corrected chi connectivity index (χ0v) is 34.6. The van der Waals surface area contributed by atoms with E-state index < -0.39 is 0 Å². The third-order valence-corrected chi connectivity index (χ3v) is 11.3. The summed E-state index contributed by atoms with van der Waals surface area (Å²) in [4.78, 5) is 26.7. The highest BCUT2D eigenvalue weighted by Crippen LogP contribution is 2.39. The fourth-order valence-corrected chi connectivity index (χ4v) is 8.16. The van der Waals surface area contributed by atoms with E-state index >= 15 is 0 Å². The zero-order valence-electron chi connectivity index (χ0n) is 33.0. The first kappa shape index (κ1) is 41.5. The van der Waals surface area contributed by atoms with Crippen molar-refractivity contribution in [2.75, 3.05) is 34.2 Å². The highest BCUT2D eigenvalue weighted by Gasteiger charge is 2.19. The average molecular weight is 851 g/mol. The van der Waals surface area contributed by atoms with Gasteiger partial charge in [0.1, 0.15) is 46.5 Å². The van der Waals surface area contributed by atoms with Crippen molar-refractivity contribution in [2.45, 2.75) is 46.0 Å². The van der Waals surface area contributed by atoms with Crippen LogP contribution in [0.25, 0.3) is 22.3 Å². The van der Waals surface area contributed by atoms with Gasteiger partial charge in [0.15, 0.2) is 38.4 Å². The van der Waals surface area contributed by atoms with Gasteiger partial charge in [-0.1, -0.05) is 36.4 Å². The van der Waals surface area contributed by atoms with E-state index in [4.69, 9.17) is 30.1 Å². The second kappa shape index (κ2) is 18.9. The summed E-state index contributed by atoms with van der Waals surface area (Å²) in [5, 5.41) is 9.36. The molecule has 8 aromatic rings. The Hall–Kier alpha value is -6.66. The number of rotatable bonds is 14. The summed E-state index contributed by atoms with van der Waals surface area (Å²) in [7, 11) is 6.42. The van der Waals surface area contributed by atoms with Gasteiger partial charge in [-0.15, -0.1) is 0 Å². The van der Waals surface area contributed by atoms with Gasteiger partial charge in [-0.2, -0.15) is 0 Å². The Kier molecular flexibility index (Phi) is 13.1. The molecule has 0 saturated heterocycles. The SMILES string of the molecule is COc1ccc(OC)c(Sc2nc3c(N)ncnc3n2CCc2ccccc2F)c1.COc1ccc(OC)c(Sc2nc3c([nH]2)c(=N)ncn3CCc2ccccc2F)c1. The predicted octanol–water partition coefficient (Wildman–Crippen LogP) is 7.75. The average Bonchev–Trinajstić information content (AvgIpc) is 3.86. The molecule has 8 rings (SSSR count). The first-order valence-corrected chi connectivity index (χ1v) is 20.1. The fourth-order valence-electron chi connectivity index (χ4n) is 6.19. The highest BCUT2D eigenvalue weighted by atomic mass is 32.2. The molecule has 0 aliphatic heterocycles. The summed E-state index contributed by atoms with van der Waals surface area (Å²) >= 11 is 2.77. The van der Waals surface area contributed by atoms with Crippen LogP contribution in [0, 0.1) is 17.0 Å². The van der Waals surface area contributed by atoms with Gasteiger partial charge in [-0.05, 0) is 96.0 Å². The molecule has 0 unspecified atom stereocenters. The molecular weight excluding hydrogens is 811 g/mol. The van der Waals surface area contributed by atoms with E-state index in [0.717, 1.165) is 9.79 Å². The molecule has 0 aliphatic rings. The van der Waals surface area contributed by atoms with Crippen LogP contribution in [-0.2, 0) is 25.9 Å². The van der Waals surface area contributed by atoms with E-state index in [-0.39, 0.29) is 17.1 Å². The lowest BCUT2D eigenvalue weighted by Gasteiger charge is -2.12. The quantitative estimate of drug-likeness (QED) is 0.0972. The number of nitrogen functional groups attached to an aromatic ring is 1. The topological polar surface area (TPSA) is 177 Å². The lowest BCUT2D eigenvalue weighted by atomic mass is 10.1. The van der Waals surface area contributed by atoms with Crippen molar-refractivity contribution in [3.8, 4) is 23.0 Å². The van der Waals surface area contributed by atoms with E-state index in [2.05, 4.69) is 29.9 Å². The lowest BCUT2D eigenvalue weighted by Crippen LogP contribution is -2.13. The molecule has 4 heterocycles. The maximum Gasteiger partial charge on any atom is 0.175 e. The highest BCUT2D eigenvalue weighted by molar-refractivity contribution is 7.99. The minimum atomic E-state index is -0.236. The molecule has 0 aliphatic carbocycles. The number of H-pyrrole nitrogens is 1. The molecule has 0 amide bonds. The van der Waals surface area contributed by atoms with Crippen molar-refractivity contribution in [1.82, 2.24) is 39.0 Å². The van der Waals surface area contributed by atoms with E-state index in [1.807, 2.05) is 57.7 Å². The molecule has 308 valence electrons. The molecule has 0 bridgehead atoms. The molecular formula is C42H40F2N10O4S2. The summed E-state index contributed by atoms with van der Waals surface area (Å²) < 4.78 is 53.4. The van der Waals surface area contributed by atoms with Gasteiger partial charge in [0, 0.05) is 13.1 Å². The number of halogens is 2. The predicted molar refractivity (Wildman–Crippen MR) is 225 cm³/mol. The minimum absolute atomic E-state index is 0.101. The maximum atomic E-state index is 14.1. The number of nitrogens with two attached hydrogens (primary N) is 1. The number of ether oxygens (including phenoxy) is 4. The number of aryl methyl sites for hydroxylation is 4. The Morgan fingerprint density at radius 2 is 1.30 bits per heavy atom. The van der Waals surface area contributed by atoms with Gasteiger partial charge >= 0.3 is 0 Å². The van der Waals surface area contributed by atoms with Gasteiger partial charge in [-0.3, -0.25) is 5.41 Å². The molecule has 0 saturated carbocycles. The molecule has 0 spiro atoms. The molecule has 0 atom stereocenters. The number of methoxy groups -OCH3 is 4. The van der Waals surface area contributed by atoms with Crippen LogP contribution in [0.1, 0.15) is 11.1 Å². The number of fused-ring (bicyclic) bond motifs is 2. The van der Waals surface area contributed by atoms with Crippen molar-refractivity contribution in [3.63, 3.8) is 0 Å². The van der Waals surface area contributed by atoms with Crippen molar-refractivity contribution in [1.29, 1.82) is 5.41 Å². The number of benzene rings is 4. The number of hydrogen-bond donors (Lipinski definition) is 3. The van der Waals surface area contributed by atoms with Crippen LogP contribution in [0.2, 0.25) is 0 Å². The fraction of sp³-hybridized carbons (Fsp3) is 0.190. The van der Waals surface area contributed by atoms with Gasteiger partial charge in [0.05, 0.1) is 44.6 Å². The van der Waals surface area contributed by atoms with Crippen LogP contribution in [-0.4, -0.2) is 67.5 Å². The Balaban J connectivity index is 0.000000181. The van der Waals surface area contributed by atoms with E-state index in [0.29, 0.717) is 98.5 Å². The third-order valence-electron chi connectivity index (χ3n) is 9.32. The van der Waals surface area contributed by atoms with Crippen molar-refractivity contribution >= 4 is 51.7 Å². The number of aromatic amines is 1. The van der Waals surface area contributed by atoms with Crippen molar-refractivity contribution in [2.24, 2.45) is 0 Å². The molecule has 60 heavy (non-hydrogen) atoms. The third kappa shape index (κ3) is 9.29. The number of aromatic nitrogens is 8. The van der Waals surface area contributed by atoms with Gasteiger partial charge in [0.25, 0.3) is 0 Å². The van der Waals surface area contributed by atoms with E-state index in [1.54, 1.807) is 59.0 Å². The Morgan fingerprint density at radius 1 is 0.700 bits per heavy atom. The zero-order chi connectivity index (χ0) is 42.2. The number of nitrogens with zero attached hydrogens (tertiary/aromatic N) is 7. The molecule has 0 radical (unpaired) electrons. The number of anilines is 1. The largest absolute Gasteiger partial charge is 0.497 e. The lowest BCUT2D eigenvalue weighted by molar-refractivity contribution is 0.394. The van der Waals surface area contributed by atoms with Crippen LogP contribution in [0.15, 0.2) is 118 Å². The summed E-state index contributed by atoms with van der Waals surface area (Å²) in [6.45, 7) is 0.963. The number of imidazole rings is 2. The minimum Gasteiger partial charge on any atom is -0.497 e. The monoisotopic (exact) mass is 850 g/mol. The summed E-state index contributed by atoms with van der Waals surface area (Å²) in [6, 6.07) is 24.5. The van der Waals surface area contributed by atoms with Crippen LogP contribution < -0.4 is 30.2 Å². The van der Waals surface area contributed by atoms with Crippen LogP contribution in [0.5, 0.6) is 23.0 Å². The standard InChI is InChI=1S/2C21H20FN5O2S/c1-28-14-7-8-16(29-2)17(11-14)30-21-25-18-19(23)24-12-27(20(18)26-21)10-9-13-5-3-4-6-15(13)22;1-28-14-7-8-16(29-2)17(11-14)30-21-26-18-19(23)24-12-25-20(18)27(21)10-9-13-5-3-4-6-15(13)22/h3-8,11-12,23H,9-10H2,1-2H3,(H,25,26);3-8,11-12H,9-10H2,1-2H3,(H2,23,24,25). The smallest absolute Gasteiger partial charge is 0.175 e. The van der Waals surface area contributed by atoms with Gasteiger partial charge in [0.2, 0.25) is 0 Å². The second-order valence-electron chi connectivity index (χ2n) is 12.9. The molecule has 4 aromatic carbocycles. The molecule has 14 nitrogen and oxygen atoms in total. The Morgan fingerprint density at radius 3 is 1.90 bits per heavy atom. The first-order valence-electron chi connectivity index (χ1n) is 18.4. The van der Waals surface area contributed by atoms with Crippen molar-refractivity contribution in [3.05, 3.63) is 126 Å². The Labute approximate surface area is 351 Å². The Bertz CT molecular complexity index is 2830. The first-order chi connectivity index (χ1) is 29.2. The second-order valence-corrected chi connectivity index (χ2v) is 15.0. The molecule has 18 heteroatoms. The van der Waals surface area contributed by atoms with Crippen molar-refractivity contribution < 1.29 is 27.7 Å². The van der Waals surface area contributed by atoms with E-state index in [1.165, 1.54) is 42.0 Å². The molecule has 0 fully saturated rings. The van der Waals surface area contributed by atoms with Gasteiger partial charge in [-0.25, -0.2) is 33.7 Å². The molecule has 4 aromatic heterocycles. The van der Waals surface area contributed by atoms with Crippen LogP contribution >= 0.6 is 23.5 Å². The van der Waals surface area contributed by atoms with E-state index in [9.17, 15) is 8.78 Å². The van der Waals surface area contributed by atoms with Crippen LogP contribution in [0.3, 0.4) is 0 Å². The van der Waals surface area contributed by atoms with Gasteiger partial charge < -0.3 is 38.8 Å². The summed E-state index contributed by atoms with van der Waals surface area (Å²) in [5.41, 5.74) is 9.60. The summed E-state index contributed by atoms with van der Waals surface area (Å²) in [6.07, 6.45) is 3.93. The number of hydrogen-bond acceptors (Lipinski definition) is 13. The molecule has 4 N–H and O–H groups in total. The number of nitrogens with one attached hydrogen (secondary N) is 2. The normalized spacial score (nSPS) is 11.0. The maximum absolute atomic E-state index is 14.1.